The van der Waals surface area contributed by atoms with E-state index in [2.05, 4.69) is 0 Å². The van der Waals surface area contributed by atoms with Crippen LogP contribution in [0.1, 0.15) is 27.9 Å². The fourth-order valence-corrected chi connectivity index (χ4v) is 2.99. The molecule has 0 spiro atoms. The Morgan fingerprint density at radius 2 is 1.92 bits per heavy atom. The number of anilines is 1. The quantitative estimate of drug-likeness (QED) is 0.833. The second-order valence-corrected chi connectivity index (χ2v) is 6.07. The van der Waals surface area contributed by atoms with E-state index < -0.39 is 5.97 Å². The second-order valence-electron chi connectivity index (χ2n) is 6.07. The Hall–Kier alpha value is -2.86. The third kappa shape index (κ3) is 3.86. The lowest BCUT2D eigenvalue weighted by molar-refractivity contribution is -0.121. The lowest BCUT2D eigenvalue weighted by atomic mass is 10.0. The molecule has 6 heteroatoms. The minimum absolute atomic E-state index is 0.0903. The Kier molecular flexibility index (Phi) is 5.53. The van der Waals surface area contributed by atoms with E-state index in [1.807, 2.05) is 18.2 Å². The first-order valence-corrected chi connectivity index (χ1v) is 8.46. The summed E-state index contributed by atoms with van der Waals surface area (Å²) in [5.41, 5.74) is 2.94. The molecule has 2 aromatic rings. The lowest BCUT2D eigenvalue weighted by Gasteiger charge is -2.29. The maximum absolute atomic E-state index is 12.5. The first-order chi connectivity index (χ1) is 12.6. The minimum Gasteiger partial charge on any atom is -0.497 e. The summed E-state index contributed by atoms with van der Waals surface area (Å²) in [4.78, 5) is 26.3. The highest BCUT2D eigenvalue weighted by atomic mass is 16.5. The number of aliphatic hydroxyl groups is 1. The largest absolute Gasteiger partial charge is 0.497 e. The van der Waals surface area contributed by atoms with Crippen LogP contribution >= 0.6 is 0 Å². The molecule has 1 aliphatic rings. The van der Waals surface area contributed by atoms with Crippen molar-refractivity contribution in [2.45, 2.75) is 19.4 Å². The molecule has 6 nitrogen and oxygen atoms in total. The zero-order chi connectivity index (χ0) is 18.5. The van der Waals surface area contributed by atoms with Crippen LogP contribution in [0.4, 0.5) is 5.69 Å². The van der Waals surface area contributed by atoms with Gasteiger partial charge in [0.15, 0.2) is 6.61 Å². The Morgan fingerprint density at radius 1 is 1.15 bits per heavy atom. The molecule has 0 unspecified atom stereocenters. The number of amides is 1. The summed E-state index contributed by atoms with van der Waals surface area (Å²) in [5.74, 6) is -0.0537. The number of hydrogen-bond donors (Lipinski definition) is 1. The third-order valence-electron chi connectivity index (χ3n) is 4.41. The molecule has 3 rings (SSSR count). The van der Waals surface area contributed by atoms with Crippen molar-refractivity contribution in [2.24, 2.45) is 0 Å². The van der Waals surface area contributed by atoms with E-state index in [0.717, 1.165) is 29.8 Å². The van der Waals surface area contributed by atoms with E-state index in [1.54, 1.807) is 36.3 Å². The van der Waals surface area contributed by atoms with Crippen molar-refractivity contribution >= 4 is 17.6 Å². The third-order valence-corrected chi connectivity index (χ3v) is 4.41. The number of hydrogen-bond acceptors (Lipinski definition) is 5. The van der Waals surface area contributed by atoms with E-state index in [-0.39, 0.29) is 19.1 Å². The smallest absolute Gasteiger partial charge is 0.338 e. The van der Waals surface area contributed by atoms with Crippen molar-refractivity contribution in [3.8, 4) is 5.75 Å². The van der Waals surface area contributed by atoms with Crippen LogP contribution in [0.15, 0.2) is 42.5 Å². The number of carbonyl (C=O) groups is 2. The summed E-state index contributed by atoms with van der Waals surface area (Å²) in [6, 6.07) is 12.0. The van der Waals surface area contributed by atoms with Crippen LogP contribution in [0.25, 0.3) is 0 Å². The second kappa shape index (κ2) is 8.01. The zero-order valence-electron chi connectivity index (χ0n) is 14.6. The van der Waals surface area contributed by atoms with Gasteiger partial charge in [-0.15, -0.1) is 0 Å². The number of aliphatic hydroxyl groups excluding tert-OH is 1. The van der Waals surface area contributed by atoms with Crippen LogP contribution in [-0.4, -0.2) is 37.2 Å². The molecular formula is C20H21NO5. The van der Waals surface area contributed by atoms with Crippen LogP contribution in [0.5, 0.6) is 5.75 Å². The first-order valence-electron chi connectivity index (χ1n) is 8.46. The van der Waals surface area contributed by atoms with Gasteiger partial charge in [0.25, 0.3) is 5.91 Å². The van der Waals surface area contributed by atoms with Crippen molar-refractivity contribution < 1.29 is 24.2 Å². The van der Waals surface area contributed by atoms with Gasteiger partial charge in [-0.3, -0.25) is 4.79 Å². The van der Waals surface area contributed by atoms with Crippen LogP contribution in [-0.2, 0) is 22.6 Å². The maximum atomic E-state index is 12.5. The number of fused-ring (bicyclic) bond motifs is 1. The van der Waals surface area contributed by atoms with Gasteiger partial charge in [0.05, 0.1) is 19.3 Å². The zero-order valence-corrected chi connectivity index (χ0v) is 14.6. The molecule has 0 aliphatic carbocycles. The summed E-state index contributed by atoms with van der Waals surface area (Å²) < 4.78 is 10.4. The van der Waals surface area contributed by atoms with E-state index in [4.69, 9.17) is 14.6 Å². The monoisotopic (exact) mass is 355 g/mol. The fraction of sp³-hybridized carbons (Fsp3) is 0.300. The molecular weight excluding hydrogens is 334 g/mol. The molecule has 0 fully saturated rings. The molecule has 1 amide bonds. The van der Waals surface area contributed by atoms with Crippen molar-refractivity contribution in [1.29, 1.82) is 0 Å². The predicted octanol–water partition coefficient (Wildman–Crippen LogP) is 2.32. The highest BCUT2D eigenvalue weighted by Crippen LogP contribution is 2.30. The number of benzene rings is 2. The fourth-order valence-electron chi connectivity index (χ4n) is 2.99. The summed E-state index contributed by atoms with van der Waals surface area (Å²) in [5, 5.41) is 9.03. The number of nitrogens with zero attached hydrogens (tertiary/aromatic N) is 1. The lowest BCUT2D eigenvalue weighted by Crippen LogP contribution is -2.38. The van der Waals surface area contributed by atoms with Crippen LogP contribution < -0.4 is 9.64 Å². The number of rotatable bonds is 5. The van der Waals surface area contributed by atoms with Crippen LogP contribution in [0.2, 0.25) is 0 Å². The SMILES string of the molecule is COc1ccc2c(c1)CCCN2C(=O)COC(=O)c1ccc(CO)cc1. The Morgan fingerprint density at radius 3 is 2.62 bits per heavy atom. The molecule has 1 N–H and O–H groups in total. The highest BCUT2D eigenvalue weighted by Gasteiger charge is 2.24. The molecule has 26 heavy (non-hydrogen) atoms. The summed E-state index contributed by atoms with van der Waals surface area (Å²) >= 11 is 0. The van der Waals surface area contributed by atoms with E-state index >= 15 is 0 Å². The van der Waals surface area contributed by atoms with Gasteiger partial charge in [-0.05, 0) is 54.3 Å². The first kappa shape index (κ1) is 17.9. The maximum Gasteiger partial charge on any atom is 0.338 e. The van der Waals surface area contributed by atoms with Gasteiger partial charge in [-0.2, -0.15) is 0 Å². The number of methoxy groups -OCH3 is 1. The Balaban J connectivity index is 1.64. The number of carbonyl (C=O) groups excluding carboxylic acids is 2. The number of esters is 1. The molecule has 0 radical (unpaired) electrons. The van der Waals surface area contributed by atoms with Crippen molar-refractivity contribution in [3.63, 3.8) is 0 Å². The molecule has 0 aromatic heterocycles. The summed E-state index contributed by atoms with van der Waals surface area (Å²) in [7, 11) is 1.61. The van der Waals surface area contributed by atoms with Gasteiger partial charge in [-0.1, -0.05) is 12.1 Å². The molecule has 1 heterocycles. The Labute approximate surface area is 152 Å². The average molecular weight is 355 g/mol. The van der Waals surface area contributed by atoms with Gasteiger partial charge in [0.1, 0.15) is 5.75 Å². The minimum atomic E-state index is -0.560. The average Bonchev–Trinajstić information content (AvgIpc) is 2.70. The van der Waals surface area contributed by atoms with Gasteiger partial charge in [0, 0.05) is 12.2 Å². The van der Waals surface area contributed by atoms with Crippen molar-refractivity contribution in [3.05, 3.63) is 59.2 Å². The number of aryl methyl sites for hydroxylation is 1. The molecule has 0 saturated heterocycles. The van der Waals surface area contributed by atoms with E-state index in [9.17, 15) is 9.59 Å². The highest BCUT2D eigenvalue weighted by molar-refractivity contribution is 5.98. The molecule has 1 aliphatic heterocycles. The Bertz CT molecular complexity index is 800. The van der Waals surface area contributed by atoms with Gasteiger partial charge < -0.3 is 19.5 Å². The normalized spacial score (nSPS) is 13.1. The van der Waals surface area contributed by atoms with Crippen LogP contribution in [0, 0.1) is 0 Å². The summed E-state index contributed by atoms with van der Waals surface area (Å²) in [6.45, 7) is 0.194. The molecule has 0 atom stereocenters. The van der Waals surface area contributed by atoms with Gasteiger partial charge in [0.2, 0.25) is 0 Å². The van der Waals surface area contributed by atoms with Crippen molar-refractivity contribution in [2.75, 3.05) is 25.2 Å². The topological polar surface area (TPSA) is 76.1 Å². The van der Waals surface area contributed by atoms with E-state index in [1.165, 1.54) is 0 Å². The molecule has 0 bridgehead atoms. The predicted molar refractivity (Wildman–Crippen MR) is 96.3 cm³/mol. The number of ether oxygens (including phenoxy) is 2. The van der Waals surface area contributed by atoms with Gasteiger partial charge >= 0.3 is 5.97 Å². The molecule has 136 valence electrons. The van der Waals surface area contributed by atoms with E-state index in [0.29, 0.717) is 17.7 Å². The van der Waals surface area contributed by atoms with Crippen LogP contribution in [0.3, 0.4) is 0 Å². The molecule has 2 aromatic carbocycles. The van der Waals surface area contributed by atoms with Gasteiger partial charge in [-0.25, -0.2) is 4.79 Å². The van der Waals surface area contributed by atoms with Crippen molar-refractivity contribution in [1.82, 2.24) is 0 Å². The standard InChI is InChI=1S/C20H21NO5/c1-25-17-8-9-18-16(11-17)3-2-10-21(18)19(23)13-26-20(24)15-6-4-14(12-22)5-7-15/h4-9,11,22H,2-3,10,12-13H2,1H3. The molecule has 0 saturated carbocycles. The summed E-state index contributed by atoms with van der Waals surface area (Å²) in [6.07, 6.45) is 1.73.